The Bertz CT molecular complexity index is 965. The number of rotatable bonds is 1. The van der Waals surface area contributed by atoms with Gasteiger partial charge in [0, 0.05) is 0 Å². The molecule has 0 N–H and O–H groups in total. The van der Waals surface area contributed by atoms with Gasteiger partial charge < -0.3 is 0 Å². The molecule has 1 aromatic carbocycles. The first kappa shape index (κ1) is 16.7. The molecule has 0 aliphatic rings. The smallest absolute Gasteiger partial charge is 0.206 e. The van der Waals surface area contributed by atoms with Crippen molar-refractivity contribution in [3.63, 3.8) is 0 Å². The largest absolute Gasteiger partial charge is 0.419 e. The van der Waals surface area contributed by atoms with E-state index < -0.39 is 51.9 Å². The molecule has 0 bridgehead atoms. The highest BCUT2D eigenvalue weighted by molar-refractivity contribution is 9.10. The Hall–Kier alpha value is -2.17. The number of fused-ring (bicyclic) bond motifs is 1. The molecule has 3 aromatic rings. The average molecular weight is 414 g/mol. The second-order valence-electron chi connectivity index (χ2n) is 4.60. The molecule has 0 fully saturated rings. The molecule has 3 nitrogen and oxygen atoms in total. The molecule has 11 heteroatoms. The minimum absolute atomic E-state index is 0.245. The highest BCUT2D eigenvalue weighted by Crippen LogP contribution is 2.36. The number of nitrogens with zero attached hydrogens (tertiary/aromatic N) is 3. The molecule has 24 heavy (non-hydrogen) atoms. The molecule has 126 valence electrons. The van der Waals surface area contributed by atoms with Gasteiger partial charge in [0.25, 0.3) is 5.95 Å². The van der Waals surface area contributed by atoms with Crippen LogP contribution in [0.3, 0.4) is 0 Å². The number of halogens is 8. The van der Waals surface area contributed by atoms with Crippen molar-refractivity contribution in [2.75, 3.05) is 0 Å². The van der Waals surface area contributed by atoms with Crippen LogP contribution in [0.15, 0.2) is 22.9 Å². The Labute approximate surface area is 136 Å². The first-order chi connectivity index (χ1) is 11.1. The van der Waals surface area contributed by atoms with Gasteiger partial charge in [-0.2, -0.15) is 26.5 Å². The lowest BCUT2D eigenvalue weighted by molar-refractivity contribution is -0.139. The van der Waals surface area contributed by atoms with Gasteiger partial charge in [-0.1, -0.05) is 6.07 Å². The SMILES string of the molecule is Fc1ccc(-c2c(F)c(F)c(F)n3nc(Br)nc23)cc1C(F)(F)F. The van der Waals surface area contributed by atoms with E-state index in [1.54, 1.807) is 0 Å². The second-order valence-corrected chi connectivity index (χ2v) is 5.31. The highest BCUT2D eigenvalue weighted by atomic mass is 79.9. The standard InChI is InChI=1S/C13H3BrF7N3/c14-12-22-11-7(8(16)9(17)10(18)24(11)23-12)4-1-2-6(15)5(3-4)13(19,20)21/h1-3H. The van der Waals surface area contributed by atoms with Gasteiger partial charge in [0.1, 0.15) is 5.82 Å². The molecule has 0 amide bonds. The van der Waals surface area contributed by atoms with Gasteiger partial charge in [0.15, 0.2) is 11.5 Å². The zero-order valence-corrected chi connectivity index (χ0v) is 12.7. The topological polar surface area (TPSA) is 30.2 Å². The summed E-state index contributed by atoms with van der Waals surface area (Å²) >= 11 is 2.78. The lowest BCUT2D eigenvalue weighted by Crippen LogP contribution is -2.09. The molecule has 2 aromatic heterocycles. The van der Waals surface area contributed by atoms with Crippen molar-refractivity contribution < 1.29 is 30.7 Å². The molecular formula is C13H3BrF7N3. The summed E-state index contributed by atoms with van der Waals surface area (Å²) in [6, 6.07) is 1.53. The minimum Gasteiger partial charge on any atom is -0.206 e. The van der Waals surface area contributed by atoms with Crippen molar-refractivity contribution in [2.24, 2.45) is 0 Å². The summed E-state index contributed by atoms with van der Waals surface area (Å²) < 4.78 is 93.3. The summed E-state index contributed by atoms with van der Waals surface area (Å²) in [5.41, 5.74) is -3.57. The maximum absolute atomic E-state index is 14.1. The summed E-state index contributed by atoms with van der Waals surface area (Å²) in [7, 11) is 0. The molecule has 0 radical (unpaired) electrons. The fraction of sp³-hybridized carbons (Fsp3) is 0.0769. The van der Waals surface area contributed by atoms with E-state index >= 15 is 0 Å². The van der Waals surface area contributed by atoms with Crippen molar-refractivity contribution in [3.8, 4) is 11.1 Å². The van der Waals surface area contributed by atoms with Crippen LogP contribution in [-0.2, 0) is 6.18 Å². The Morgan fingerprint density at radius 3 is 2.29 bits per heavy atom. The van der Waals surface area contributed by atoms with E-state index in [9.17, 15) is 30.7 Å². The lowest BCUT2D eigenvalue weighted by Gasteiger charge is -2.12. The predicted octanol–water partition coefficient (Wildman–Crippen LogP) is 4.73. The van der Waals surface area contributed by atoms with Crippen LogP contribution in [0.25, 0.3) is 16.8 Å². The summed E-state index contributed by atoms with van der Waals surface area (Å²) in [6.07, 6.45) is -5.06. The predicted molar refractivity (Wildman–Crippen MR) is 71.0 cm³/mol. The van der Waals surface area contributed by atoms with Crippen molar-refractivity contribution in [3.05, 3.63) is 51.9 Å². The Balaban J connectivity index is 2.39. The van der Waals surface area contributed by atoms with Crippen LogP contribution in [-0.4, -0.2) is 14.6 Å². The molecule has 0 aliphatic heterocycles. The van der Waals surface area contributed by atoms with E-state index in [4.69, 9.17) is 0 Å². The van der Waals surface area contributed by atoms with Crippen LogP contribution >= 0.6 is 15.9 Å². The van der Waals surface area contributed by atoms with Crippen LogP contribution in [0.1, 0.15) is 5.56 Å². The number of aromatic nitrogens is 3. The quantitative estimate of drug-likeness (QED) is 0.426. The lowest BCUT2D eigenvalue weighted by atomic mass is 10.0. The van der Waals surface area contributed by atoms with Crippen LogP contribution in [0.2, 0.25) is 0 Å². The molecule has 0 aliphatic carbocycles. The molecule has 0 spiro atoms. The van der Waals surface area contributed by atoms with E-state index in [2.05, 4.69) is 26.0 Å². The Morgan fingerprint density at radius 1 is 1.00 bits per heavy atom. The van der Waals surface area contributed by atoms with Crippen molar-refractivity contribution in [1.29, 1.82) is 0 Å². The zero-order valence-electron chi connectivity index (χ0n) is 11.1. The van der Waals surface area contributed by atoms with Crippen LogP contribution in [0.4, 0.5) is 30.7 Å². The third kappa shape index (κ3) is 2.52. The molecule has 0 saturated heterocycles. The summed E-state index contributed by atoms with van der Waals surface area (Å²) in [5.74, 6) is -7.01. The van der Waals surface area contributed by atoms with Crippen molar-refractivity contribution >= 4 is 21.6 Å². The van der Waals surface area contributed by atoms with Crippen LogP contribution in [0.5, 0.6) is 0 Å². The maximum atomic E-state index is 14.1. The number of alkyl halides is 3. The van der Waals surface area contributed by atoms with E-state index in [0.29, 0.717) is 6.07 Å². The zero-order chi connectivity index (χ0) is 17.8. The van der Waals surface area contributed by atoms with E-state index in [-0.39, 0.29) is 15.3 Å². The van der Waals surface area contributed by atoms with Gasteiger partial charge in [0.2, 0.25) is 10.6 Å². The Morgan fingerprint density at radius 2 is 1.67 bits per heavy atom. The van der Waals surface area contributed by atoms with Crippen LogP contribution in [0, 0.1) is 23.4 Å². The number of pyridine rings is 1. The number of hydrogen-bond acceptors (Lipinski definition) is 2. The molecule has 3 rings (SSSR count). The molecule has 0 unspecified atom stereocenters. The monoisotopic (exact) mass is 413 g/mol. The van der Waals surface area contributed by atoms with E-state index in [1.807, 2.05) is 0 Å². The van der Waals surface area contributed by atoms with Gasteiger partial charge in [-0.05, 0) is 33.6 Å². The Kier molecular flexibility index (Phi) is 3.78. The average Bonchev–Trinajstić information content (AvgIpc) is 2.87. The third-order valence-corrected chi connectivity index (χ3v) is 3.48. The minimum atomic E-state index is -5.06. The van der Waals surface area contributed by atoms with Gasteiger partial charge in [-0.3, -0.25) is 0 Å². The third-order valence-electron chi connectivity index (χ3n) is 3.14. The van der Waals surface area contributed by atoms with Crippen molar-refractivity contribution in [2.45, 2.75) is 6.18 Å². The van der Waals surface area contributed by atoms with Gasteiger partial charge >= 0.3 is 6.18 Å². The molecule has 0 saturated carbocycles. The fourth-order valence-electron chi connectivity index (χ4n) is 2.13. The van der Waals surface area contributed by atoms with Crippen LogP contribution < -0.4 is 0 Å². The van der Waals surface area contributed by atoms with Gasteiger partial charge in [-0.15, -0.1) is 5.10 Å². The molecule has 0 atom stereocenters. The van der Waals surface area contributed by atoms with Gasteiger partial charge in [-0.25, -0.2) is 13.8 Å². The number of benzene rings is 1. The normalized spacial score (nSPS) is 12.2. The highest BCUT2D eigenvalue weighted by Gasteiger charge is 2.35. The first-order valence-electron chi connectivity index (χ1n) is 6.07. The molecular weight excluding hydrogens is 411 g/mol. The van der Waals surface area contributed by atoms with Crippen molar-refractivity contribution in [1.82, 2.24) is 14.6 Å². The fourth-order valence-corrected chi connectivity index (χ4v) is 2.46. The second kappa shape index (κ2) is 5.43. The summed E-state index contributed by atoms with van der Waals surface area (Å²) in [5, 5.41) is 3.43. The van der Waals surface area contributed by atoms with E-state index in [1.165, 1.54) is 0 Å². The molecule has 2 heterocycles. The van der Waals surface area contributed by atoms with Gasteiger partial charge in [0.05, 0.1) is 11.1 Å². The summed E-state index contributed by atoms with van der Waals surface area (Å²) in [6.45, 7) is 0. The number of hydrogen-bond donors (Lipinski definition) is 0. The maximum Gasteiger partial charge on any atom is 0.419 e. The van der Waals surface area contributed by atoms with E-state index in [0.717, 1.165) is 6.07 Å². The summed E-state index contributed by atoms with van der Waals surface area (Å²) in [4.78, 5) is 3.61. The first-order valence-corrected chi connectivity index (χ1v) is 6.86.